The number of nitrogens with zero attached hydrogens (tertiary/aromatic N) is 3. The standard InChI is InChI=1S/C17H18F3N5O/c1-10-2-3-13(25-10)15(26)22-7-11-4-5-21-14(6-11)12-8-23-16(24-9-12)17(18,19)20/h4-6,8-10,13,25H,2-3,7H2,1H3,(H,22,26)/t10-,13-/m0/s1. The summed E-state index contributed by atoms with van der Waals surface area (Å²) in [6.07, 6.45) is 0.895. The van der Waals surface area contributed by atoms with E-state index in [1.54, 1.807) is 12.1 Å². The molecule has 0 spiro atoms. The Morgan fingerprint density at radius 3 is 2.62 bits per heavy atom. The second-order valence-corrected chi connectivity index (χ2v) is 6.26. The van der Waals surface area contributed by atoms with Crippen LogP contribution in [0.3, 0.4) is 0 Å². The Hall–Kier alpha value is -2.55. The number of hydrogen-bond acceptors (Lipinski definition) is 5. The number of carbonyl (C=O) groups is 1. The zero-order valence-electron chi connectivity index (χ0n) is 14.0. The summed E-state index contributed by atoms with van der Waals surface area (Å²) >= 11 is 0. The smallest absolute Gasteiger partial charge is 0.351 e. The summed E-state index contributed by atoms with van der Waals surface area (Å²) in [5.74, 6) is -1.26. The largest absolute Gasteiger partial charge is 0.451 e. The fourth-order valence-electron chi connectivity index (χ4n) is 2.79. The van der Waals surface area contributed by atoms with Gasteiger partial charge in [0.2, 0.25) is 11.7 Å². The van der Waals surface area contributed by atoms with Crippen LogP contribution in [0.4, 0.5) is 13.2 Å². The van der Waals surface area contributed by atoms with Gasteiger partial charge in [-0.15, -0.1) is 0 Å². The van der Waals surface area contributed by atoms with Gasteiger partial charge < -0.3 is 10.6 Å². The molecule has 1 saturated heterocycles. The molecule has 9 heteroatoms. The van der Waals surface area contributed by atoms with Crippen molar-refractivity contribution in [2.75, 3.05) is 0 Å². The molecule has 6 nitrogen and oxygen atoms in total. The fourth-order valence-corrected chi connectivity index (χ4v) is 2.79. The van der Waals surface area contributed by atoms with E-state index in [2.05, 4.69) is 25.6 Å². The van der Waals surface area contributed by atoms with Crippen molar-refractivity contribution in [3.63, 3.8) is 0 Å². The van der Waals surface area contributed by atoms with Crippen LogP contribution in [0, 0.1) is 0 Å². The van der Waals surface area contributed by atoms with Crippen LogP contribution in [0.25, 0.3) is 11.3 Å². The SMILES string of the molecule is C[C@H]1CC[C@@H](C(=O)NCc2ccnc(-c3cnc(C(F)(F)F)nc3)c2)N1. The first-order valence-electron chi connectivity index (χ1n) is 8.21. The van der Waals surface area contributed by atoms with Gasteiger partial charge in [0.25, 0.3) is 0 Å². The third kappa shape index (κ3) is 4.34. The van der Waals surface area contributed by atoms with Crippen molar-refractivity contribution in [2.45, 2.75) is 44.6 Å². The van der Waals surface area contributed by atoms with E-state index in [1.807, 2.05) is 6.92 Å². The van der Waals surface area contributed by atoms with E-state index in [4.69, 9.17) is 0 Å². The van der Waals surface area contributed by atoms with Crippen molar-refractivity contribution in [3.05, 3.63) is 42.1 Å². The van der Waals surface area contributed by atoms with Gasteiger partial charge >= 0.3 is 6.18 Å². The van der Waals surface area contributed by atoms with Crippen molar-refractivity contribution in [2.24, 2.45) is 0 Å². The van der Waals surface area contributed by atoms with Crippen molar-refractivity contribution < 1.29 is 18.0 Å². The lowest BCUT2D eigenvalue weighted by atomic mass is 10.1. The number of aromatic nitrogens is 3. The highest BCUT2D eigenvalue weighted by molar-refractivity contribution is 5.82. The molecule has 3 heterocycles. The molecule has 3 rings (SSSR count). The molecule has 0 radical (unpaired) electrons. The van der Waals surface area contributed by atoms with Gasteiger partial charge in [0.15, 0.2) is 0 Å². The number of hydrogen-bond donors (Lipinski definition) is 2. The van der Waals surface area contributed by atoms with Gasteiger partial charge in [0.05, 0.1) is 11.7 Å². The summed E-state index contributed by atoms with van der Waals surface area (Å²) in [6, 6.07) is 3.57. The molecule has 0 aliphatic carbocycles. The maximum absolute atomic E-state index is 12.5. The average Bonchev–Trinajstić information content (AvgIpc) is 3.06. The molecule has 1 fully saturated rings. The molecule has 26 heavy (non-hydrogen) atoms. The molecule has 1 aliphatic rings. The number of carbonyl (C=O) groups excluding carboxylic acids is 1. The van der Waals surface area contributed by atoms with Gasteiger partial charge in [-0.2, -0.15) is 13.2 Å². The van der Waals surface area contributed by atoms with Gasteiger partial charge in [-0.05, 0) is 37.5 Å². The molecular formula is C17H18F3N5O. The van der Waals surface area contributed by atoms with Crippen LogP contribution in [0.2, 0.25) is 0 Å². The van der Waals surface area contributed by atoms with Crippen molar-refractivity contribution in [3.8, 4) is 11.3 Å². The first-order valence-corrected chi connectivity index (χ1v) is 8.21. The molecule has 2 atom stereocenters. The van der Waals surface area contributed by atoms with Gasteiger partial charge in [-0.3, -0.25) is 9.78 Å². The lowest BCUT2D eigenvalue weighted by Gasteiger charge is -2.12. The quantitative estimate of drug-likeness (QED) is 0.869. The van der Waals surface area contributed by atoms with Crippen molar-refractivity contribution in [1.29, 1.82) is 0 Å². The predicted molar refractivity (Wildman–Crippen MR) is 87.7 cm³/mol. The molecule has 2 aromatic rings. The minimum absolute atomic E-state index is 0.0643. The first kappa shape index (κ1) is 18.2. The highest BCUT2D eigenvalue weighted by Crippen LogP contribution is 2.26. The van der Waals surface area contributed by atoms with Gasteiger partial charge in [-0.1, -0.05) is 0 Å². The van der Waals surface area contributed by atoms with Crippen LogP contribution >= 0.6 is 0 Å². The molecule has 2 N–H and O–H groups in total. The average molecular weight is 365 g/mol. The van der Waals surface area contributed by atoms with E-state index < -0.39 is 12.0 Å². The first-order chi connectivity index (χ1) is 12.3. The van der Waals surface area contributed by atoms with Gasteiger partial charge in [0, 0.05) is 36.7 Å². The van der Waals surface area contributed by atoms with E-state index in [9.17, 15) is 18.0 Å². The summed E-state index contributed by atoms with van der Waals surface area (Å²) in [4.78, 5) is 22.9. The number of pyridine rings is 1. The lowest BCUT2D eigenvalue weighted by molar-refractivity contribution is -0.145. The molecule has 0 aromatic carbocycles. The van der Waals surface area contributed by atoms with Crippen LogP contribution in [0.1, 0.15) is 31.2 Å². The monoisotopic (exact) mass is 365 g/mol. The fraction of sp³-hybridized carbons (Fsp3) is 0.412. The Balaban J connectivity index is 1.65. The number of amides is 1. The summed E-state index contributed by atoms with van der Waals surface area (Å²) < 4.78 is 37.6. The Morgan fingerprint density at radius 1 is 1.27 bits per heavy atom. The Bertz CT molecular complexity index is 779. The predicted octanol–water partition coefficient (Wildman–Crippen LogP) is 2.31. The van der Waals surface area contributed by atoms with E-state index in [0.717, 1.165) is 30.8 Å². The normalized spacial score (nSPS) is 20.2. The number of nitrogens with one attached hydrogen (secondary N) is 2. The van der Waals surface area contributed by atoms with Crippen LogP contribution < -0.4 is 10.6 Å². The van der Waals surface area contributed by atoms with E-state index in [-0.39, 0.29) is 11.9 Å². The molecule has 0 unspecified atom stereocenters. The Labute approximate surface area is 148 Å². The second kappa shape index (κ2) is 7.36. The molecular weight excluding hydrogens is 347 g/mol. The molecule has 0 bridgehead atoms. The number of halogens is 3. The molecule has 1 amide bonds. The molecule has 2 aromatic heterocycles. The zero-order valence-corrected chi connectivity index (χ0v) is 14.0. The van der Waals surface area contributed by atoms with E-state index >= 15 is 0 Å². The summed E-state index contributed by atoms with van der Waals surface area (Å²) in [5, 5.41) is 6.07. The molecule has 0 saturated carbocycles. The van der Waals surface area contributed by atoms with Gasteiger partial charge in [0.1, 0.15) is 0 Å². The number of alkyl halides is 3. The minimum Gasteiger partial charge on any atom is -0.351 e. The van der Waals surface area contributed by atoms with Gasteiger partial charge in [-0.25, -0.2) is 9.97 Å². The van der Waals surface area contributed by atoms with E-state index in [1.165, 1.54) is 6.20 Å². The summed E-state index contributed by atoms with van der Waals surface area (Å²) in [6.45, 7) is 2.34. The highest BCUT2D eigenvalue weighted by Gasteiger charge is 2.34. The van der Waals surface area contributed by atoms with Crippen LogP contribution in [0.15, 0.2) is 30.7 Å². The van der Waals surface area contributed by atoms with Crippen molar-refractivity contribution >= 4 is 5.91 Å². The van der Waals surface area contributed by atoms with E-state index in [0.29, 0.717) is 23.8 Å². The summed E-state index contributed by atoms with van der Waals surface area (Å²) in [5.41, 5.74) is 1.60. The second-order valence-electron chi connectivity index (χ2n) is 6.26. The Kier molecular flexibility index (Phi) is 5.17. The highest BCUT2D eigenvalue weighted by atomic mass is 19.4. The third-order valence-corrected chi connectivity index (χ3v) is 4.18. The van der Waals surface area contributed by atoms with Crippen LogP contribution in [-0.4, -0.2) is 32.9 Å². The third-order valence-electron chi connectivity index (χ3n) is 4.18. The maximum Gasteiger partial charge on any atom is 0.451 e. The lowest BCUT2D eigenvalue weighted by Crippen LogP contribution is -2.41. The Morgan fingerprint density at radius 2 is 2.00 bits per heavy atom. The summed E-state index contributed by atoms with van der Waals surface area (Å²) in [7, 11) is 0. The van der Waals surface area contributed by atoms with Crippen LogP contribution in [0.5, 0.6) is 0 Å². The molecule has 1 aliphatic heterocycles. The zero-order chi connectivity index (χ0) is 18.7. The number of rotatable bonds is 4. The topological polar surface area (TPSA) is 79.8 Å². The molecule has 138 valence electrons. The van der Waals surface area contributed by atoms with Crippen molar-refractivity contribution in [1.82, 2.24) is 25.6 Å². The van der Waals surface area contributed by atoms with Crippen LogP contribution in [-0.2, 0) is 17.5 Å². The minimum atomic E-state index is -4.58. The maximum atomic E-state index is 12.5.